The maximum atomic E-state index is 12.2. The van der Waals surface area contributed by atoms with Crippen molar-refractivity contribution in [3.8, 4) is 6.07 Å². The Kier molecular flexibility index (Phi) is 4.91. The van der Waals surface area contributed by atoms with Crippen molar-refractivity contribution in [3.05, 3.63) is 63.9 Å². The molecule has 0 fully saturated rings. The van der Waals surface area contributed by atoms with Gasteiger partial charge in [0.25, 0.3) is 0 Å². The molecule has 1 aromatic carbocycles. The molecule has 21 heavy (non-hydrogen) atoms. The van der Waals surface area contributed by atoms with E-state index >= 15 is 0 Å². The Morgan fingerprint density at radius 1 is 1.33 bits per heavy atom. The molecule has 0 bridgehead atoms. The number of amides is 1. The van der Waals surface area contributed by atoms with Crippen LogP contribution in [0.5, 0.6) is 0 Å². The molecule has 1 heterocycles. The smallest absolute Gasteiger partial charge is 0.246 e. The van der Waals surface area contributed by atoms with Crippen LogP contribution in [0.3, 0.4) is 0 Å². The van der Waals surface area contributed by atoms with Crippen molar-refractivity contribution in [2.24, 2.45) is 0 Å². The number of benzene rings is 1. The molecule has 1 atom stereocenters. The van der Waals surface area contributed by atoms with Crippen molar-refractivity contribution >= 4 is 23.3 Å². The molecule has 0 aliphatic rings. The summed E-state index contributed by atoms with van der Waals surface area (Å²) in [6.07, 6.45) is 3.21. The Hall–Kier alpha value is -2.38. The number of nitrogens with zero attached hydrogens (tertiary/aromatic N) is 2. The number of hydrogen-bond donors (Lipinski definition) is 0. The van der Waals surface area contributed by atoms with Crippen LogP contribution in [0.1, 0.15) is 29.0 Å². The quantitative estimate of drug-likeness (QED) is 0.804. The minimum atomic E-state index is -0.0800. The topological polar surface area (TPSA) is 44.1 Å². The Balaban J connectivity index is 2.10. The summed E-state index contributed by atoms with van der Waals surface area (Å²) in [5, 5.41) is 11.0. The molecular formula is C17H16N2OS. The molecule has 4 heteroatoms. The summed E-state index contributed by atoms with van der Waals surface area (Å²) in [5.41, 5.74) is 1.32. The van der Waals surface area contributed by atoms with E-state index in [0.717, 1.165) is 10.4 Å². The lowest BCUT2D eigenvalue weighted by Gasteiger charge is -2.22. The van der Waals surface area contributed by atoms with Gasteiger partial charge in [0.15, 0.2) is 0 Å². The number of rotatable bonds is 4. The summed E-state index contributed by atoms with van der Waals surface area (Å²) in [6, 6.07) is 13.4. The lowest BCUT2D eigenvalue weighted by molar-refractivity contribution is -0.126. The minimum absolute atomic E-state index is 0.0355. The molecule has 0 aliphatic carbocycles. The first-order chi connectivity index (χ1) is 10.1. The Morgan fingerprint density at radius 2 is 2.10 bits per heavy atom. The molecule has 106 valence electrons. The summed E-state index contributed by atoms with van der Waals surface area (Å²) in [4.78, 5) is 15.1. The van der Waals surface area contributed by atoms with Crippen molar-refractivity contribution in [2.45, 2.75) is 13.0 Å². The van der Waals surface area contributed by atoms with Crippen LogP contribution < -0.4 is 0 Å². The molecule has 0 spiro atoms. The molecule has 0 radical (unpaired) electrons. The Labute approximate surface area is 128 Å². The van der Waals surface area contributed by atoms with E-state index in [1.807, 2.05) is 42.6 Å². The molecule has 0 N–H and O–H groups in total. The van der Waals surface area contributed by atoms with Crippen molar-refractivity contribution in [2.75, 3.05) is 7.05 Å². The van der Waals surface area contributed by atoms with Crippen LogP contribution in [0.25, 0.3) is 6.08 Å². The normalized spacial score (nSPS) is 12.0. The minimum Gasteiger partial charge on any atom is -0.335 e. The van der Waals surface area contributed by atoms with Crippen molar-refractivity contribution in [3.63, 3.8) is 0 Å². The second kappa shape index (κ2) is 6.87. The zero-order valence-corrected chi connectivity index (χ0v) is 12.8. The Morgan fingerprint density at radius 3 is 2.76 bits per heavy atom. The predicted octanol–water partition coefficient (Wildman–Crippen LogP) is 3.85. The van der Waals surface area contributed by atoms with Gasteiger partial charge in [0.2, 0.25) is 5.91 Å². The SMILES string of the molecule is CC(c1cccs1)N(C)C(=O)C=Cc1ccccc1C#N. The average molecular weight is 296 g/mol. The molecule has 2 aromatic rings. The average Bonchev–Trinajstić information content (AvgIpc) is 3.05. The molecule has 1 amide bonds. The van der Waals surface area contributed by atoms with Gasteiger partial charge in [-0.3, -0.25) is 4.79 Å². The van der Waals surface area contributed by atoms with Crippen LogP contribution in [-0.2, 0) is 4.79 Å². The van der Waals surface area contributed by atoms with Gasteiger partial charge in [0.1, 0.15) is 0 Å². The number of carbonyl (C=O) groups excluding carboxylic acids is 1. The fraction of sp³-hybridized carbons (Fsp3) is 0.176. The second-order valence-corrected chi connectivity index (χ2v) is 5.65. The third-order valence-corrected chi connectivity index (χ3v) is 4.41. The van der Waals surface area contributed by atoms with E-state index in [4.69, 9.17) is 5.26 Å². The third kappa shape index (κ3) is 3.59. The van der Waals surface area contributed by atoms with E-state index in [1.54, 1.807) is 35.4 Å². The lowest BCUT2D eigenvalue weighted by atomic mass is 10.1. The van der Waals surface area contributed by atoms with Crippen LogP contribution in [0.2, 0.25) is 0 Å². The van der Waals surface area contributed by atoms with Crippen LogP contribution >= 0.6 is 11.3 Å². The number of hydrogen-bond acceptors (Lipinski definition) is 3. The number of carbonyl (C=O) groups is 1. The Bertz CT molecular complexity index is 683. The van der Waals surface area contributed by atoms with Gasteiger partial charge < -0.3 is 4.90 Å². The van der Waals surface area contributed by atoms with E-state index in [-0.39, 0.29) is 11.9 Å². The molecule has 0 saturated carbocycles. The van der Waals surface area contributed by atoms with Crippen LogP contribution in [0, 0.1) is 11.3 Å². The van der Waals surface area contributed by atoms with E-state index < -0.39 is 0 Å². The van der Waals surface area contributed by atoms with E-state index in [2.05, 4.69) is 6.07 Å². The van der Waals surface area contributed by atoms with Crippen molar-refractivity contribution in [1.29, 1.82) is 5.26 Å². The number of nitriles is 1. The molecule has 0 aliphatic heterocycles. The monoisotopic (exact) mass is 296 g/mol. The molecule has 1 unspecified atom stereocenters. The summed E-state index contributed by atoms with van der Waals surface area (Å²) < 4.78 is 0. The summed E-state index contributed by atoms with van der Waals surface area (Å²) in [6.45, 7) is 2.00. The highest BCUT2D eigenvalue weighted by molar-refractivity contribution is 7.10. The zero-order valence-electron chi connectivity index (χ0n) is 12.0. The van der Waals surface area contributed by atoms with Gasteiger partial charge in [0.05, 0.1) is 17.7 Å². The molecule has 3 nitrogen and oxygen atoms in total. The fourth-order valence-electron chi connectivity index (χ4n) is 1.93. The van der Waals surface area contributed by atoms with Gasteiger partial charge in [-0.1, -0.05) is 24.3 Å². The standard InChI is InChI=1S/C17H16N2OS/c1-13(16-8-5-11-21-16)19(2)17(20)10-9-14-6-3-4-7-15(14)12-18/h3-11,13H,1-2H3. The van der Waals surface area contributed by atoms with Gasteiger partial charge in [-0.25, -0.2) is 0 Å². The van der Waals surface area contributed by atoms with Gasteiger partial charge >= 0.3 is 0 Å². The van der Waals surface area contributed by atoms with Crippen molar-refractivity contribution in [1.82, 2.24) is 4.90 Å². The molecule has 1 aromatic heterocycles. The highest BCUT2D eigenvalue weighted by Gasteiger charge is 2.15. The fourth-order valence-corrected chi connectivity index (χ4v) is 2.76. The van der Waals surface area contributed by atoms with Crippen LogP contribution in [-0.4, -0.2) is 17.9 Å². The van der Waals surface area contributed by atoms with Gasteiger partial charge in [0, 0.05) is 18.0 Å². The maximum absolute atomic E-state index is 12.2. The largest absolute Gasteiger partial charge is 0.335 e. The number of thiophene rings is 1. The second-order valence-electron chi connectivity index (χ2n) is 4.67. The first kappa shape index (κ1) is 15.0. The maximum Gasteiger partial charge on any atom is 0.246 e. The first-order valence-corrected chi connectivity index (χ1v) is 7.49. The lowest BCUT2D eigenvalue weighted by Crippen LogP contribution is -2.27. The molecular weight excluding hydrogens is 280 g/mol. The van der Waals surface area contributed by atoms with Gasteiger partial charge in [-0.15, -0.1) is 11.3 Å². The molecule has 0 saturated heterocycles. The highest BCUT2D eigenvalue weighted by atomic mass is 32.1. The van der Waals surface area contributed by atoms with Crippen LogP contribution in [0.4, 0.5) is 0 Å². The number of likely N-dealkylation sites (N-methyl/N-ethyl adjacent to an activating group) is 1. The predicted molar refractivity (Wildman–Crippen MR) is 85.7 cm³/mol. The van der Waals surface area contributed by atoms with E-state index in [9.17, 15) is 4.79 Å². The summed E-state index contributed by atoms with van der Waals surface area (Å²) in [7, 11) is 1.78. The highest BCUT2D eigenvalue weighted by Crippen LogP contribution is 2.23. The summed E-state index contributed by atoms with van der Waals surface area (Å²) in [5.74, 6) is -0.0800. The van der Waals surface area contributed by atoms with Gasteiger partial charge in [-0.05, 0) is 36.1 Å². The summed E-state index contributed by atoms with van der Waals surface area (Å²) >= 11 is 1.64. The first-order valence-electron chi connectivity index (χ1n) is 6.61. The van der Waals surface area contributed by atoms with Crippen molar-refractivity contribution < 1.29 is 4.79 Å². The molecule has 2 rings (SSSR count). The van der Waals surface area contributed by atoms with Crippen LogP contribution in [0.15, 0.2) is 47.9 Å². The van der Waals surface area contributed by atoms with E-state index in [0.29, 0.717) is 5.56 Å². The van der Waals surface area contributed by atoms with Gasteiger partial charge in [-0.2, -0.15) is 5.26 Å². The third-order valence-electron chi connectivity index (χ3n) is 3.37. The van der Waals surface area contributed by atoms with E-state index in [1.165, 1.54) is 6.08 Å². The zero-order chi connectivity index (χ0) is 15.2.